The van der Waals surface area contributed by atoms with Gasteiger partial charge in [-0.25, -0.2) is 0 Å². The largest absolute Gasteiger partial charge is 0.487 e. The lowest BCUT2D eigenvalue weighted by molar-refractivity contribution is 0.310. The third kappa shape index (κ3) is 3.25. The molecule has 0 saturated carbocycles. The van der Waals surface area contributed by atoms with Gasteiger partial charge in [-0.05, 0) is 36.2 Å². The first-order valence-corrected chi connectivity index (χ1v) is 7.11. The molecule has 0 fully saturated rings. The molecule has 18 heavy (non-hydrogen) atoms. The van der Waals surface area contributed by atoms with Crippen molar-refractivity contribution in [3.8, 4) is 5.75 Å². The van der Waals surface area contributed by atoms with Crippen LogP contribution in [0.15, 0.2) is 30.3 Å². The molecule has 1 heterocycles. The molecule has 96 valence electrons. The molecular formula is C14H16ClNOS. The minimum atomic E-state index is 0.491. The van der Waals surface area contributed by atoms with Gasteiger partial charge in [-0.15, -0.1) is 11.3 Å². The van der Waals surface area contributed by atoms with Gasteiger partial charge in [-0.3, -0.25) is 0 Å². The molecule has 1 aromatic heterocycles. The van der Waals surface area contributed by atoms with Crippen molar-refractivity contribution in [2.75, 3.05) is 0 Å². The van der Waals surface area contributed by atoms with Crippen LogP contribution in [0.1, 0.15) is 22.2 Å². The average Bonchev–Trinajstić information content (AvgIpc) is 2.85. The lowest BCUT2D eigenvalue weighted by atomic mass is 10.2. The maximum Gasteiger partial charge on any atom is 0.138 e. The van der Waals surface area contributed by atoms with E-state index in [1.807, 2.05) is 18.2 Å². The van der Waals surface area contributed by atoms with Crippen LogP contribution in [0, 0.1) is 0 Å². The molecule has 4 heteroatoms. The maximum absolute atomic E-state index is 6.13. The molecule has 0 spiro atoms. The summed E-state index contributed by atoms with van der Waals surface area (Å²) in [5.74, 6) is 0.709. The van der Waals surface area contributed by atoms with Crippen LogP contribution in [0.2, 0.25) is 5.02 Å². The standard InChI is InChI=1S/C14H16ClNOS/c1-2-11-4-5-12(18-11)9-17-14-6-3-10(8-16)7-13(14)15/h3-7H,2,8-9,16H2,1H3. The summed E-state index contributed by atoms with van der Waals surface area (Å²) in [4.78, 5) is 2.59. The SMILES string of the molecule is CCc1ccc(COc2ccc(CN)cc2Cl)s1. The van der Waals surface area contributed by atoms with E-state index in [4.69, 9.17) is 22.1 Å². The van der Waals surface area contributed by atoms with Gasteiger partial charge in [0.2, 0.25) is 0 Å². The second-order valence-electron chi connectivity index (χ2n) is 3.98. The first-order chi connectivity index (χ1) is 8.72. The van der Waals surface area contributed by atoms with Crippen molar-refractivity contribution in [1.82, 2.24) is 0 Å². The Morgan fingerprint density at radius 1 is 1.22 bits per heavy atom. The lowest BCUT2D eigenvalue weighted by Crippen LogP contribution is -1.98. The molecule has 2 aromatic rings. The van der Waals surface area contributed by atoms with Crippen LogP contribution < -0.4 is 10.5 Å². The first kappa shape index (κ1) is 13.4. The second-order valence-corrected chi connectivity index (χ2v) is 5.64. The fraction of sp³-hybridized carbons (Fsp3) is 0.286. The van der Waals surface area contributed by atoms with E-state index in [9.17, 15) is 0 Å². The van der Waals surface area contributed by atoms with Crippen LogP contribution in [-0.2, 0) is 19.6 Å². The molecule has 0 aliphatic heterocycles. The highest BCUT2D eigenvalue weighted by Crippen LogP contribution is 2.27. The average molecular weight is 282 g/mol. The highest BCUT2D eigenvalue weighted by molar-refractivity contribution is 7.11. The van der Waals surface area contributed by atoms with Gasteiger partial charge in [0.1, 0.15) is 12.4 Å². The number of hydrogen-bond acceptors (Lipinski definition) is 3. The van der Waals surface area contributed by atoms with Gasteiger partial charge in [-0.1, -0.05) is 24.6 Å². The molecule has 0 unspecified atom stereocenters. The van der Waals surface area contributed by atoms with Crippen molar-refractivity contribution in [1.29, 1.82) is 0 Å². The predicted octanol–water partition coefficient (Wildman–Crippen LogP) is 4.00. The van der Waals surface area contributed by atoms with Gasteiger partial charge in [0.15, 0.2) is 0 Å². The van der Waals surface area contributed by atoms with Crippen molar-refractivity contribution >= 4 is 22.9 Å². The van der Waals surface area contributed by atoms with Gasteiger partial charge in [0.25, 0.3) is 0 Å². The summed E-state index contributed by atoms with van der Waals surface area (Å²) < 4.78 is 5.72. The van der Waals surface area contributed by atoms with Crippen LogP contribution in [0.4, 0.5) is 0 Å². The topological polar surface area (TPSA) is 35.2 Å². The Hall–Kier alpha value is -1.03. The van der Waals surface area contributed by atoms with Crippen molar-refractivity contribution in [2.24, 2.45) is 5.73 Å². The van der Waals surface area contributed by atoms with Crippen molar-refractivity contribution in [2.45, 2.75) is 26.5 Å². The van der Waals surface area contributed by atoms with Crippen molar-refractivity contribution in [3.05, 3.63) is 50.7 Å². The normalized spacial score (nSPS) is 10.6. The summed E-state index contributed by atoms with van der Waals surface area (Å²) in [6, 6.07) is 9.91. The number of aryl methyl sites for hydroxylation is 1. The number of rotatable bonds is 5. The van der Waals surface area contributed by atoms with E-state index in [-0.39, 0.29) is 0 Å². The van der Waals surface area contributed by atoms with E-state index in [2.05, 4.69) is 19.1 Å². The van der Waals surface area contributed by atoms with Crippen molar-refractivity contribution in [3.63, 3.8) is 0 Å². The molecule has 0 bridgehead atoms. The van der Waals surface area contributed by atoms with E-state index in [1.165, 1.54) is 9.75 Å². The summed E-state index contributed by atoms with van der Waals surface area (Å²) in [6.45, 7) is 3.20. The second kappa shape index (κ2) is 6.23. The number of ether oxygens (including phenoxy) is 1. The fourth-order valence-electron chi connectivity index (χ4n) is 1.63. The summed E-state index contributed by atoms with van der Waals surface area (Å²) in [5, 5.41) is 0.616. The Morgan fingerprint density at radius 3 is 2.61 bits per heavy atom. The number of nitrogens with two attached hydrogens (primary N) is 1. The van der Waals surface area contributed by atoms with E-state index >= 15 is 0 Å². The maximum atomic E-state index is 6.13. The fourth-order valence-corrected chi connectivity index (χ4v) is 2.76. The number of hydrogen-bond donors (Lipinski definition) is 1. The minimum absolute atomic E-state index is 0.491. The Labute approximate surface area is 116 Å². The van der Waals surface area contributed by atoms with Gasteiger partial charge in [0, 0.05) is 16.3 Å². The zero-order chi connectivity index (χ0) is 13.0. The van der Waals surface area contributed by atoms with Crippen LogP contribution >= 0.6 is 22.9 Å². The summed E-state index contributed by atoms with van der Waals surface area (Å²) in [7, 11) is 0. The van der Waals surface area contributed by atoms with Crippen LogP contribution in [0.5, 0.6) is 5.75 Å². The molecule has 0 amide bonds. The quantitative estimate of drug-likeness (QED) is 0.899. The summed E-state index contributed by atoms with van der Waals surface area (Å²) >= 11 is 7.91. The monoisotopic (exact) mass is 281 g/mol. The van der Waals surface area contributed by atoms with Crippen LogP contribution in [0.25, 0.3) is 0 Å². The molecule has 0 radical (unpaired) electrons. The highest BCUT2D eigenvalue weighted by Gasteiger charge is 2.04. The molecule has 2 N–H and O–H groups in total. The molecule has 2 nitrogen and oxygen atoms in total. The van der Waals surface area contributed by atoms with Gasteiger partial charge in [-0.2, -0.15) is 0 Å². The van der Waals surface area contributed by atoms with Gasteiger partial charge < -0.3 is 10.5 Å². The third-order valence-corrected chi connectivity index (χ3v) is 4.17. The van der Waals surface area contributed by atoms with Crippen molar-refractivity contribution < 1.29 is 4.74 Å². The Balaban J connectivity index is 2.01. The number of halogens is 1. The lowest BCUT2D eigenvalue weighted by Gasteiger charge is -2.08. The molecular weight excluding hydrogens is 266 g/mol. The predicted molar refractivity (Wildman–Crippen MR) is 77.4 cm³/mol. The van der Waals surface area contributed by atoms with Crippen LogP contribution in [-0.4, -0.2) is 0 Å². The van der Waals surface area contributed by atoms with E-state index in [0.29, 0.717) is 23.9 Å². The molecule has 0 aliphatic carbocycles. The summed E-state index contributed by atoms with van der Waals surface area (Å²) in [5.41, 5.74) is 6.56. The molecule has 2 rings (SSSR count). The highest BCUT2D eigenvalue weighted by atomic mass is 35.5. The van der Waals surface area contributed by atoms with Gasteiger partial charge in [0.05, 0.1) is 5.02 Å². The zero-order valence-corrected chi connectivity index (χ0v) is 11.9. The van der Waals surface area contributed by atoms with E-state index in [1.54, 1.807) is 11.3 Å². The Morgan fingerprint density at radius 2 is 2.00 bits per heavy atom. The molecule has 0 saturated heterocycles. The zero-order valence-electron chi connectivity index (χ0n) is 10.3. The van der Waals surface area contributed by atoms with E-state index in [0.717, 1.165) is 12.0 Å². The summed E-state index contributed by atoms with van der Waals surface area (Å²) in [6.07, 6.45) is 1.07. The van der Waals surface area contributed by atoms with Gasteiger partial charge >= 0.3 is 0 Å². The Kier molecular flexibility index (Phi) is 4.64. The Bertz CT molecular complexity index is 524. The third-order valence-electron chi connectivity index (χ3n) is 2.67. The molecule has 0 aliphatic rings. The first-order valence-electron chi connectivity index (χ1n) is 5.91. The number of thiophene rings is 1. The molecule has 1 aromatic carbocycles. The van der Waals surface area contributed by atoms with Crippen LogP contribution in [0.3, 0.4) is 0 Å². The number of benzene rings is 1. The van der Waals surface area contributed by atoms with E-state index < -0.39 is 0 Å². The smallest absolute Gasteiger partial charge is 0.138 e. The molecule has 0 atom stereocenters. The minimum Gasteiger partial charge on any atom is -0.487 e.